The Labute approximate surface area is 269 Å². The van der Waals surface area contributed by atoms with E-state index in [1.165, 1.54) is 35.2 Å². The minimum absolute atomic E-state index is 0.0328. The molecule has 2 amide bonds. The fraction of sp³-hybridized carbons (Fsp3) is 0.257. The Balaban J connectivity index is 1.84. The summed E-state index contributed by atoms with van der Waals surface area (Å²) in [5.41, 5.74) is 2.13. The van der Waals surface area contributed by atoms with Crippen LogP contribution in [0.5, 0.6) is 0 Å². The molecule has 2 atom stereocenters. The van der Waals surface area contributed by atoms with Crippen LogP contribution in [0.15, 0.2) is 114 Å². The minimum Gasteiger partial charge on any atom is -0.352 e. The van der Waals surface area contributed by atoms with E-state index in [1.807, 2.05) is 75.4 Å². The van der Waals surface area contributed by atoms with E-state index in [4.69, 9.17) is 0 Å². The van der Waals surface area contributed by atoms with Crippen LogP contribution in [-0.4, -0.2) is 48.7 Å². The first-order chi connectivity index (χ1) is 22.0. The van der Waals surface area contributed by atoms with Crippen LogP contribution >= 0.6 is 0 Å². The number of anilines is 1. The van der Waals surface area contributed by atoms with Gasteiger partial charge in [0.25, 0.3) is 15.7 Å². The van der Waals surface area contributed by atoms with Gasteiger partial charge in [-0.1, -0.05) is 85.8 Å². The molecular weight excluding hydrogens is 604 g/mol. The molecule has 0 saturated heterocycles. The van der Waals surface area contributed by atoms with Gasteiger partial charge in [0.05, 0.1) is 15.5 Å². The van der Waals surface area contributed by atoms with Crippen molar-refractivity contribution in [1.82, 2.24) is 10.2 Å². The lowest BCUT2D eigenvalue weighted by Crippen LogP contribution is -2.54. The van der Waals surface area contributed by atoms with Gasteiger partial charge >= 0.3 is 0 Å². The molecule has 46 heavy (non-hydrogen) atoms. The standard InChI is InChI=1S/C35H38N4O6S/c1-4-27(3)36-35(41)33(22-28-15-7-5-8-16-28)37(24-29-17-12-11-14-26(29)2)34(40)25-38(30-18-13-19-31(23-30)39(42)43)46(44,45)32-20-9-6-10-21-32/h5-21,23,27,33H,4,22,24-25H2,1-3H3,(H,36,41)/t27-,33+/m0/s1. The number of nitro groups is 1. The van der Waals surface area contributed by atoms with Crippen LogP contribution in [0.1, 0.15) is 37.0 Å². The number of benzene rings is 4. The first-order valence-electron chi connectivity index (χ1n) is 15.0. The number of rotatable bonds is 14. The van der Waals surface area contributed by atoms with Crippen LogP contribution in [0.3, 0.4) is 0 Å². The van der Waals surface area contributed by atoms with Gasteiger partial charge in [0.1, 0.15) is 12.6 Å². The second-order valence-electron chi connectivity index (χ2n) is 11.1. The summed E-state index contributed by atoms with van der Waals surface area (Å²) < 4.78 is 29.0. The molecule has 0 radical (unpaired) electrons. The Kier molecular flexibility index (Phi) is 11.3. The molecule has 11 heteroatoms. The lowest BCUT2D eigenvalue weighted by Gasteiger charge is -2.34. The summed E-state index contributed by atoms with van der Waals surface area (Å²) in [6.07, 6.45) is 0.856. The van der Waals surface area contributed by atoms with Crippen LogP contribution in [0.2, 0.25) is 0 Å². The molecular formula is C35H38N4O6S. The van der Waals surface area contributed by atoms with Gasteiger partial charge in [0.15, 0.2) is 0 Å². The molecule has 0 aliphatic heterocycles. The molecule has 0 spiro atoms. The molecule has 240 valence electrons. The van der Waals surface area contributed by atoms with Crippen molar-refractivity contribution in [1.29, 1.82) is 0 Å². The average Bonchev–Trinajstić information content (AvgIpc) is 3.06. The Hall–Kier alpha value is -5.03. The quantitative estimate of drug-likeness (QED) is 0.140. The van der Waals surface area contributed by atoms with Gasteiger partial charge in [-0.05, 0) is 55.2 Å². The second-order valence-corrected chi connectivity index (χ2v) is 12.9. The highest BCUT2D eigenvalue weighted by molar-refractivity contribution is 7.92. The van der Waals surface area contributed by atoms with Crippen molar-refractivity contribution in [2.24, 2.45) is 0 Å². The fourth-order valence-corrected chi connectivity index (χ4v) is 6.40. The van der Waals surface area contributed by atoms with E-state index in [0.29, 0.717) is 6.42 Å². The van der Waals surface area contributed by atoms with Crippen LogP contribution in [0, 0.1) is 17.0 Å². The van der Waals surface area contributed by atoms with Crippen molar-refractivity contribution in [2.45, 2.75) is 57.1 Å². The van der Waals surface area contributed by atoms with E-state index in [0.717, 1.165) is 27.1 Å². The summed E-state index contributed by atoms with van der Waals surface area (Å²) in [5.74, 6) is -1.01. The fourth-order valence-electron chi connectivity index (χ4n) is 4.98. The minimum atomic E-state index is -4.37. The molecule has 4 rings (SSSR count). The summed E-state index contributed by atoms with van der Waals surface area (Å²) >= 11 is 0. The molecule has 0 aliphatic carbocycles. The third-order valence-electron chi connectivity index (χ3n) is 7.81. The first-order valence-corrected chi connectivity index (χ1v) is 16.5. The van der Waals surface area contributed by atoms with Crippen LogP contribution < -0.4 is 9.62 Å². The van der Waals surface area contributed by atoms with Gasteiger partial charge < -0.3 is 10.2 Å². The van der Waals surface area contributed by atoms with Crippen molar-refractivity contribution >= 4 is 33.2 Å². The molecule has 0 heterocycles. The highest BCUT2D eigenvalue weighted by atomic mass is 32.2. The van der Waals surface area contributed by atoms with Crippen LogP contribution in [-0.2, 0) is 32.6 Å². The summed E-state index contributed by atoms with van der Waals surface area (Å²) in [7, 11) is -4.37. The maximum atomic E-state index is 14.5. The number of nitrogens with zero attached hydrogens (tertiary/aromatic N) is 3. The predicted molar refractivity (Wildman–Crippen MR) is 178 cm³/mol. The summed E-state index contributed by atoms with van der Waals surface area (Å²) in [5, 5.41) is 14.6. The molecule has 0 unspecified atom stereocenters. The third kappa shape index (κ3) is 8.36. The molecule has 10 nitrogen and oxygen atoms in total. The number of nitro benzene ring substituents is 1. The van der Waals surface area contributed by atoms with Crippen molar-refractivity contribution in [3.05, 3.63) is 136 Å². The van der Waals surface area contributed by atoms with E-state index in [9.17, 15) is 28.1 Å². The number of carbonyl (C=O) groups excluding carboxylic acids is 2. The second kappa shape index (κ2) is 15.3. The molecule has 0 fully saturated rings. The molecule has 0 aromatic heterocycles. The Bertz CT molecular complexity index is 1770. The topological polar surface area (TPSA) is 130 Å². The summed E-state index contributed by atoms with van der Waals surface area (Å²) in [6, 6.07) is 28.3. The normalized spacial score (nSPS) is 12.5. The smallest absolute Gasteiger partial charge is 0.271 e. The van der Waals surface area contributed by atoms with Gasteiger partial charge in [-0.3, -0.25) is 24.0 Å². The van der Waals surface area contributed by atoms with Gasteiger partial charge in [-0.15, -0.1) is 0 Å². The Morgan fingerprint density at radius 3 is 2.15 bits per heavy atom. The molecule has 0 aliphatic rings. The predicted octanol–water partition coefficient (Wildman–Crippen LogP) is 5.65. The molecule has 4 aromatic carbocycles. The monoisotopic (exact) mass is 642 g/mol. The SMILES string of the molecule is CC[C@H](C)NC(=O)[C@@H](Cc1ccccc1)N(Cc1ccccc1C)C(=O)CN(c1cccc([N+](=O)[O-])c1)S(=O)(=O)c1ccccc1. The lowest BCUT2D eigenvalue weighted by molar-refractivity contribution is -0.384. The maximum Gasteiger partial charge on any atom is 0.271 e. The molecule has 4 aromatic rings. The van der Waals surface area contributed by atoms with E-state index in [1.54, 1.807) is 18.2 Å². The maximum absolute atomic E-state index is 14.5. The summed E-state index contributed by atoms with van der Waals surface area (Å²) in [6.45, 7) is 5.05. The number of nitrogens with one attached hydrogen (secondary N) is 1. The van der Waals surface area contributed by atoms with E-state index in [2.05, 4.69) is 5.32 Å². The van der Waals surface area contributed by atoms with Gasteiger partial charge in [0.2, 0.25) is 11.8 Å². The highest BCUT2D eigenvalue weighted by Crippen LogP contribution is 2.28. The molecule has 0 bridgehead atoms. The number of non-ortho nitro benzene ring substituents is 1. The molecule has 1 N–H and O–H groups in total. The van der Waals surface area contributed by atoms with Crippen molar-refractivity contribution < 1.29 is 22.9 Å². The zero-order valence-electron chi connectivity index (χ0n) is 26.1. The van der Waals surface area contributed by atoms with Crippen LogP contribution in [0.4, 0.5) is 11.4 Å². The van der Waals surface area contributed by atoms with Gasteiger partial charge in [-0.25, -0.2) is 8.42 Å². The number of amides is 2. The average molecular weight is 643 g/mol. The summed E-state index contributed by atoms with van der Waals surface area (Å²) in [4.78, 5) is 40.8. The first kappa shape index (κ1) is 33.9. The third-order valence-corrected chi connectivity index (χ3v) is 9.60. The van der Waals surface area contributed by atoms with Gasteiger partial charge in [0, 0.05) is 31.1 Å². The number of carbonyl (C=O) groups is 2. The van der Waals surface area contributed by atoms with E-state index in [-0.39, 0.29) is 41.2 Å². The number of aryl methyl sites for hydroxylation is 1. The highest BCUT2D eigenvalue weighted by Gasteiger charge is 2.35. The zero-order valence-corrected chi connectivity index (χ0v) is 26.9. The zero-order chi connectivity index (χ0) is 33.3. The van der Waals surface area contributed by atoms with Gasteiger partial charge in [-0.2, -0.15) is 0 Å². The van der Waals surface area contributed by atoms with Crippen molar-refractivity contribution in [3.8, 4) is 0 Å². The Morgan fingerprint density at radius 1 is 0.891 bits per heavy atom. The Morgan fingerprint density at radius 2 is 1.52 bits per heavy atom. The van der Waals surface area contributed by atoms with Crippen molar-refractivity contribution in [2.75, 3.05) is 10.8 Å². The lowest BCUT2D eigenvalue weighted by atomic mass is 10.0. The number of sulfonamides is 1. The number of hydrogen-bond acceptors (Lipinski definition) is 6. The largest absolute Gasteiger partial charge is 0.352 e. The van der Waals surface area contributed by atoms with E-state index >= 15 is 0 Å². The number of hydrogen-bond donors (Lipinski definition) is 1. The van der Waals surface area contributed by atoms with E-state index < -0.39 is 33.4 Å². The van der Waals surface area contributed by atoms with Crippen molar-refractivity contribution in [3.63, 3.8) is 0 Å². The van der Waals surface area contributed by atoms with Crippen LogP contribution in [0.25, 0.3) is 0 Å². The molecule has 0 saturated carbocycles.